The van der Waals surface area contributed by atoms with E-state index in [0.717, 1.165) is 29.0 Å². The summed E-state index contributed by atoms with van der Waals surface area (Å²) >= 11 is 0. The van der Waals surface area contributed by atoms with Crippen molar-refractivity contribution < 1.29 is 0 Å². The van der Waals surface area contributed by atoms with Gasteiger partial charge in [0.05, 0.1) is 0 Å². The first-order valence-corrected chi connectivity index (χ1v) is 9.71. The lowest BCUT2D eigenvalue weighted by atomic mass is 9.42. The molecule has 0 bridgehead atoms. The first-order chi connectivity index (χ1) is 7.87. The number of hydrogen-bond acceptors (Lipinski definition) is 0. The van der Waals surface area contributed by atoms with Crippen molar-refractivity contribution in [1.82, 2.24) is 0 Å². The molecule has 100 valence electrons. The molecule has 2 rings (SSSR count). The summed E-state index contributed by atoms with van der Waals surface area (Å²) < 4.78 is 0. The molecule has 0 aromatic carbocycles. The predicted octanol–water partition coefficient (Wildman–Crippen LogP) is 5.41. The fourth-order valence-corrected chi connectivity index (χ4v) is 11.6. The summed E-state index contributed by atoms with van der Waals surface area (Å²) in [5.74, 6) is 2.99. The van der Waals surface area contributed by atoms with E-state index in [0.29, 0.717) is 0 Å². The van der Waals surface area contributed by atoms with Crippen LogP contribution in [0, 0.1) is 11.8 Å². The number of rotatable bonds is 2. The molecule has 17 heavy (non-hydrogen) atoms. The summed E-state index contributed by atoms with van der Waals surface area (Å²) in [4.78, 5) is 0. The minimum Gasteiger partial charge on any atom is -0.155 e. The highest BCUT2D eigenvalue weighted by Crippen LogP contribution is 2.69. The fraction of sp³-hybridized carbons (Fsp3) is 1.00. The highest BCUT2D eigenvalue weighted by Gasteiger charge is 2.52. The monoisotopic (exact) mass is 254 g/mol. The molecule has 0 aromatic rings. The molecule has 1 saturated carbocycles. The van der Waals surface area contributed by atoms with Gasteiger partial charge in [-0.2, -0.15) is 21.4 Å². The van der Waals surface area contributed by atoms with Crippen LogP contribution in [0.5, 0.6) is 0 Å². The molecule has 1 aliphatic heterocycles. The summed E-state index contributed by atoms with van der Waals surface area (Å²) in [5.41, 5.74) is 2.08. The molecule has 0 radical (unpaired) electrons. The van der Waals surface area contributed by atoms with Crippen molar-refractivity contribution in [3.63, 3.8) is 0 Å². The van der Waals surface area contributed by atoms with Crippen molar-refractivity contribution in [3.8, 4) is 0 Å². The Kier molecular flexibility index (Phi) is 3.99. The molecule has 0 N–H and O–H groups in total. The Morgan fingerprint density at radius 2 is 1.24 bits per heavy atom. The average Bonchev–Trinajstić information content (AvgIpc) is 2.85. The van der Waals surface area contributed by atoms with Gasteiger partial charge in [0.2, 0.25) is 0 Å². The number of hydrogen-bond donors (Lipinski definition) is 0. The van der Waals surface area contributed by atoms with Crippen LogP contribution >= 0.6 is 7.80 Å². The summed E-state index contributed by atoms with van der Waals surface area (Å²) in [7, 11) is -0.161. The molecule has 4 unspecified atom stereocenters. The van der Waals surface area contributed by atoms with Gasteiger partial charge >= 0.3 is 0 Å². The SMILES string of the molecule is CC1C(C)C(C)[PH+]([B-](C)(C)C2CCCC2)C1C. The third-order valence-electron chi connectivity index (χ3n) is 6.90. The summed E-state index contributed by atoms with van der Waals surface area (Å²) in [6.07, 6.45) is 6.12. The summed E-state index contributed by atoms with van der Waals surface area (Å²) in [6, 6.07) is 0. The second kappa shape index (κ2) is 4.88. The zero-order valence-electron chi connectivity index (χ0n) is 12.8. The smallest absolute Gasteiger partial charge is 0.155 e. The Hall–Kier alpha value is 0.495. The Bertz CT molecular complexity index is 256. The van der Waals surface area contributed by atoms with E-state index >= 15 is 0 Å². The van der Waals surface area contributed by atoms with Crippen molar-refractivity contribution in [2.75, 3.05) is 0 Å². The van der Waals surface area contributed by atoms with Crippen molar-refractivity contribution in [2.24, 2.45) is 11.8 Å². The van der Waals surface area contributed by atoms with E-state index in [1.54, 1.807) is 12.8 Å². The third-order valence-corrected chi connectivity index (χ3v) is 12.2. The molecule has 0 nitrogen and oxygen atoms in total. The summed E-state index contributed by atoms with van der Waals surface area (Å²) in [6.45, 7) is 15.6. The maximum atomic E-state index is 2.68. The van der Waals surface area contributed by atoms with E-state index in [9.17, 15) is 0 Å². The second-order valence-electron chi connectivity index (χ2n) is 7.83. The van der Waals surface area contributed by atoms with Crippen LogP contribution in [-0.2, 0) is 0 Å². The Balaban J connectivity index is 2.20. The summed E-state index contributed by atoms with van der Waals surface area (Å²) in [5, 5.41) is 0. The minimum atomic E-state index is -0.161. The van der Waals surface area contributed by atoms with Crippen LogP contribution in [0.15, 0.2) is 0 Å². The van der Waals surface area contributed by atoms with Gasteiger partial charge < -0.3 is 0 Å². The standard InChI is InChI=1S/C15H32BP/c1-11-12(2)14(4)17(13(11)3)16(5,6)15-9-7-8-10-15/h11-15,17H,7-10H2,1-6H3. The molecule has 0 spiro atoms. The molecule has 0 aromatic heterocycles. The maximum Gasteiger partial charge on any atom is 0.163 e. The Morgan fingerprint density at radius 3 is 1.65 bits per heavy atom. The Labute approximate surface area is 110 Å². The second-order valence-corrected chi connectivity index (χ2v) is 12.1. The lowest BCUT2D eigenvalue weighted by Gasteiger charge is -2.41. The predicted molar refractivity (Wildman–Crippen MR) is 85.3 cm³/mol. The molecular weight excluding hydrogens is 222 g/mol. The lowest BCUT2D eigenvalue weighted by molar-refractivity contribution is 0.413. The van der Waals surface area contributed by atoms with E-state index in [2.05, 4.69) is 41.3 Å². The van der Waals surface area contributed by atoms with Gasteiger partial charge in [0.15, 0.2) is 5.87 Å². The van der Waals surface area contributed by atoms with E-state index in [1.165, 1.54) is 12.8 Å². The molecule has 2 heteroatoms. The highest BCUT2D eigenvalue weighted by molar-refractivity contribution is 7.96. The van der Waals surface area contributed by atoms with E-state index < -0.39 is 0 Å². The largest absolute Gasteiger partial charge is 0.163 e. The van der Waals surface area contributed by atoms with E-state index in [4.69, 9.17) is 0 Å². The quantitative estimate of drug-likeness (QED) is 0.456. The van der Waals surface area contributed by atoms with Crippen LogP contribution in [-0.4, -0.2) is 17.2 Å². The zero-order valence-corrected chi connectivity index (χ0v) is 13.8. The van der Waals surface area contributed by atoms with E-state index in [1.807, 2.05) is 0 Å². The van der Waals surface area contributed by atoms with Crippen molar-refractivity contribution in [1.29, 1.82) is 0 Å². The first-order valence-electron chi connectivity index (χ1n) is 7.98. The zero-order chi connectivity index (χ0) is 12.8. The normalized spacial score (nSPS) is 44.5. The van der Waals surface area contributed by atoms with Crippen LogP contribution in [0.4, 0.5) is 0 Å². The van der Waals surface area contributed by atoms with Gasteiger partial charge in [-0.15, -0.1) is 5.82 Å². The average molecular weight is 254 g/mol. The van der Waals surface area contributed by atoms with Gasteiger partial charge in [-0.25, -0.2) is 0 Å². The minimum absolute atomic E-state index is 0.0592. The van der Waals surface area contributed by atoms with Gasteiger partial charge in [0.25, 0.3) is 0 Å². The van der Waals surface area contributed by atoms with Gasteiger partial charge in [-0.1, -0.05) is 39.5 Å². The topological polar surface area (TPSA) is 0 Å². The van der Waals surface area contributed by atoms with Crippen molar-refractivity contribution >= 4 is 13.7 Å². The molecule has 4 atom stereocenters. The van der Waals surface area contributed by atoms with Crippen LogP contribution < -0.4 is 0 Å². The molecule has 2 fully saturated rings. The molecule has 0 amide bonds. The van der Waals surface area contributed by atoms with Gasteiger partial charge in [-0.05, 0) is 25.7 Å². The molecule has 1 aliphatic carbocycles. The van der Waals surface area contributed by atoms with Crippen LogP contribution in [0.3, 0.4) is 0 Å². The lowest BCUT2D eigenvalue weighted by Crippen LogP contribution is -2.34. The van der Waals surface area contributed by atoms with Crippen molar-refractivity contribution in [2.45, 2.75) is 84.2 Å². The molecule has 2 aliphatic rings. The highest BCUT2D eigenvalue weighted by atomic mass is 31.1. The van der Waals surface area contributed by atoms with Gasteiger partial charge in [0, 0.05) is 11.3 Å². The van der Waals surface area contributed by atoms with Crippen LogP contribution in [0.25, 0.3) is 0 Å². The third kappa shape index (κ3) is 2.22. The van der Waals surface area contributed by atoms with E-state index in [-0.39, 0.29) is 13.7 Å². The van der Waals surface area contributed by atoms with Crippen LogP contribution in [0.2, 0.25) is 19.5 Å². The Morgan fingerprint density at radius 1 is 0.824 bits per heavy atom. The molecule has 1 saturated heterocycles. The maximum absolute atomic E-state index is 2.68. The molecular formula is C15H32BP. The fourth-order valence-electron chi connectivity index (χ4n) is 5.35. The van der Waals surface area contributed by atoms with Crippen LogP contribution in [0.1, 0.15) is 53.4 Å². The van der Waals surface area contributed by atoms with Gasteiger partial charge in [0.1, 0.15) is 0 Å². The van der Waals surface area contributed by atoms with Crippen molar-refractivity contribution in [3.05, 3.63) is 0 Å². The van der Waals surface area contributed by atoms with Gasteiger partial charge in [-0.3, -0.25) is 0 Å². The molecule has 1 heterocycles. The first kappa shape index (κ1) is 13.9.